The summed E-state index contributed by atoms with van der Waals surface area (Å²) in [5.41, 5.74) is -1.17. The molecule has 0 spiro atoms. The van der Waals surface area contributed by atoms with Crippen molar-refractivity contribution in [1.82, 2.24) is 4.57 Å². The van der Waals surface area contributed by atoms with Gasteiger partial charge in [0.25, 0.3) is 11.2 Å². The SMILES string of the molecule is [C-]#[N+]c1c(C(F)(F)F)cc(-c2cccc(C)c2)n(Cc2ccccc2OC)c1=O. The first-order valence-corrected chi connectivity index (χ1v) is 8.67. The van der Waals surface area contributed by atoms with Crippen LogP contribution in [0.25, 0.3) is 16.1 Å². The molecule has 0 atom stereocenters. The first-order valence-electron chi connectivity index (χ1n) is 8.67. The number of halogens is 3. The lowest BCUT2D eigenvalue weighted by Crippen LogP contribution is -2.25. The standard InChI is InChI=1S/C22H17F3N2O2/c1-14-7-6-9-15(11-14)18-12-17(22(23,24)25)20(26-2)21(28)27(18)13-16-8-4-5-10-19(16)29-3/h4-12H,13H2,1,3H3. The molecule has 2 aromatic carbocycles. The normalized spacial score (nSPS) is 11.2. The van der Waals surface area contributed by atoms with Gasteiger partial charge in [0, 0.05) is 11.3 Å². The van der Waals surface area contributed by atoms with E-state index in [0.29, 0.717) is 16.9 Å². The van der Waals surface area contributed by atoms with Gasteiger partial charge in [0.15, 0.2) is 0 Å². The number of ether oxygens (including phenoxy) is 1. The Morgan fingerprint density at radius 2 is 1.83 bits per heavy atom. The Bertz CT molecular complexity index is 1160. The first-order chi connectivity index (χ1) is 13.8. The molecule has 29 heavy (non-hydrogen) atoms. The number of hydrogen-bond acceptors (Lipinski definition) is 2. The van der Waals surface area contributed by atoms with Gasteiger partial charge in [0.05, 0.1) is 25.8 Å². The molecule has 3 rings (SSSR count). The van der Waals surface area contributed by atoms with E-state index in [1.54, 1.807) is 42.5 Å². The Labute approximate surface area is 165 Å². The molecule has 0 aliphatic carbocycles. The Morgan fingerprint density at radius 3 is 2.45 bits per heavy atom. The zero-order chi connectivity index (χ0) is 21.2. The average Bonchev–Trinajstić information content (AvgIpc) is 2.68. The molecule has 0 aliphatic rings. The molecule has 7 heteroatoms. The van der Waals surface area contributed by atoms with Crippen molar-refractivity contribution in [2.24, 2.45) is 0 Å². The third-order valence-corrected chi connectivity index (χ3v) is 4.53. The summed E-state index contributed by atoms with van der Waals surface area (Å²) in [6.45, 7) is 8.93. The Hall–Kier alpha value is -3.53. The fraction of sp³-hybridized carbons (Fsp3) is 0.182. The number of nitrogens with zero attached hydrogens (tertiary/aromatic N) is 2. The minimum atomic E-state index is -4.82. The van der Waals surface area contributed by atoms with Crippen molar-refractivity contribution >= 4 is 5.69 Å². The summed E-state index contributed by atoms with van der Waals surface area (Å²) < 4.78 is 47.2. The third-order valence-electron chi connectivity index (χ3n) is 4.53. The van der Waals surface area contributed by atoms with Gasteiger partial charge in [0.2, 0.25) is 0 Å². The summed E-state index contributed by atoms with van der Waals surface area (Å²) >= 11 is 0. The number of hydrogen-bond donors (Lipinski definition) is 0. The Kier molecular flexibility index (Phi) is 5.46. The summed E-state index contributed by atoms with van der Waals surface area (Å²) in [6, 6.07) is 14.7. The van der Waals surface area contributed by atoms with Crippen LogP contribution in [0.15, 0.2) is 59.4 Å². The van der Waals surface area contributed by atoms with Crippen molar-refractivity contribution in [2.75, 3.05) is 7.11 Å². The highest BCUT2D eigenvalue weighted by atomic mass is 19.4. The highest BCUT2D eigenvalue weighted by Gasteiger charge is 2.36. The van der Waals surface area contributed by atoms with Crippen molar-refractivity contribution in [2.45, 2.75) is 19.6 Å². The van der Waals surface area contributed by atoms with Crippen LogP contribution in [0, 0.1) is 13.5 Å². The smallest absolute Gasteiger partial charge is 0.407 e. The number of pyridine rings is 1. The van der Waals surface area contributed by atoms with E-state index in [1.165, 1.54) is 11.7 Å². The second kappa shape index (κ2) is 7.84. The third kappa shape index (κ3) is 4.02. The lowest BCUT2D eigenvalue weighted by atomic mass is 10.0. The monoisotopic (exact) mass is 398 g/mol. The molecular formula is C22H17F3N2O2. The van der Waals surface area contributed by atoms with Crippen LogP contribution in [0.5, 0.6) is 5.75 Å². The quantitative estimate of drug-likeness (QED) is 0.548. The largest absolute Gasteiger partial charge is 0.496 e. The molecule has 0 radical (unpaired) electrons. The maximum Gasteiger partial charge on any atom is 0.407 e. The number of aryl methyl sites for hydroxylation is 1. The van der Waals surface area contributed by atoms with Gasteiger partial charge in [-0.3, -0.25) is 4.79 Å². The van der Waals surface area contributed by atoms with E-state index in [4.69, 9.17) is 11.3 Å². The van der Waals surface area contributed by atoms with Gasteiger partial charge in [-0.05, 0) is 30.7 Å². The number of para-hydroxylation sites is 1. The van der Waals surface area contributed by atoms with Gasteiger partial charge < -0.3 is 9.30 Å². The molecule has 0 fully saturated rings. The molecule has 0 unspecified atom stereocenters. The number of rotatable bonds is 4. The van der Waals surface area contributed by atoms with E-state index in [1.807, 2.05) is 13.0 Å². The van der Waals surface area contributed by atoms with E-state index >= 15 is 0 Å². The molecule has 0 N–H and O–H groups in total. The number of alkyl halides is 3. The van der Waals surface area contributed by atoms with Crippen molar-refractivity contribution in [3.8, 4) is 17.0 Å². The van der Waals surface area contributed by atoms with Crippen LogP contribution in [0.4, 0.5) is 18.9 Å². The summed E-state index contributed by atoms with van der Waals surface area (Å²) in [7, 11) is 1.47. The van der Waals surface area contributed by atoms with E-state index < -0.39 is 23.0 Å². The van der Waals surface area contributed by atoms with Gasteiger partial charge in [-0.15, -0.1) is 0 Å². The molecule has 3 aromatic rings. The number of benzene rings is 2. The van der Waals surface area contributed by atoms with Gasteiger partial charge in [0.1, 0.15) is 5.75 Å². The van der Waals surface area contributed by atoms with Crippen LogP contribution < -0.4 is 10.3 Å². The maximum atomic E-state index is 13.6. The molecule has 0 amide bonds. The Morgan fingerprint density at radius 1 is 1.10 bits per heavy atom. The molecule has 0 saturated heterocycles. The zero-order valence-corrected chi connectivity index (χ0v) is 15.7. The minimum absolute atomic E-state index is 0.0349. The van der Waals surface area contributed by atoms with Crippen LogP contribution in [-0.2, 0) is 12.7 Å². The lowest BCUT2D eigenvalue weighted by Gasteiger charge is -2.19. The predicted octanol–water partition coefficient (Wildman–Crippen LogP) is 5.45. The van der Waals surface area contributed by atoms with Crippen LogP contribution in [0.1, 0.15) is 16.7 Å². The van der Waals surface area contributed by atoms with Gasteiger partial charge in [-0.25, -0.2) is 4.85 Å². The molecule has 1 heterocycles. The maximum absolute atomic E-state index is 13.6. The van der Waals surface area contributed by atoms with Crippen LogP contribution in [0.3, 0.4) is 0 Å². The van der Waals surface area contributed by atoms with Gasteiger partial charge in [-0.1, -0.05) is 42.0 Å². The van der Waals surface area contributed by atoms with Crippen molar-refractivity contribution in [3.63, 3.8) is 0 Å². The highest BCUT2D eigenvalue weighted by molar-refractivity contribution is 5.66. The summed E-state index contributed by atoms with van der Waals surface area (Å²) in [6.07, 6.45) is -4.82. The van der Waals surface area contributed by atoms with Crippen molar-refractivity contribution < 1.29 is 17.9 Å². The second-order valence-electron chi connectivity index (χ2n) is 6.47. The van der Waals surface area contributed by atoms with Crippen molar-refractivity contribution in [3.05, 3.63) is 93.1 Å². The fourth-order valence-electron chi connectivity index (χ4n) is 3.16. The summed E-state index contributed by atoms with van der Waals surface area (Å²) in [5.74, 6) is 0.499. The first kappa shape index (κ1) is 20.2. The predicted molar refractivity (Wildman–Crippen MR) is 104 cm³/mol. The van der Waals surface area contributed by atoms with E-state index in [2.05, 4.69) is 4.85 Å². The fourth-order valence-corrected chi connectivity index (χ4v) is 3.16. The zero-order valence-electron chi connectivity index (χ0n) is 15.7. The summed E-state index contributed by atoms with van der Waals surface area (Å²) in [5, 5.41) is 0. The Balaban J connectivity index is 2.34. The van der Waals surface area contributed by atoms with Crippen molar-refractivity contribution in [1.29, 1.82) is 0 Å². The van der Waals surface area contributed by atoms with Crippen LogP contribution in [0.2, 0.25) is 0 Å². The lowest BCUT2D eigenvalue weighted by molar-refractivity contribution is -0.136. The van der Waals surface area contributed by atoms with Gasteiger partial charge in [-0.2, -0.15) is 13.2 Å². The average molecular weight is 398 g/mol. The molecule has 0 aliphatic heterocycles. The number of methoxy groups -OCH3 is 1. The minimum Gasteiger partial charge on any atom is -0.496 e. The summed E-state index contributed by atoms with van der Waals surface area (Å²) in [4.78, 5) is 15.9. The molecule has 1 aromatic heterocycles. The second-order valence-corrected chi connectivity index (χ2v) is 6.47. The van der Waals surface area contributed by atoms with Gasteiger partial charge >= 0.3 is 6.18 Å². The molecule has 148 valence electrons. The van der Waals surface area contributed by atoms with Crippen LogP contribution in [-0.4, -0.2) is 11.7 Å². The molecular weight excluding hydrogens is 381 g/mol. The van der Waals surface area contributed by atoms with E-state index in [9.17, 15) is 18.0 Å². The van der Waals surface area contributed by atoms with E-state index in [0.717, 1.165) is 11.6 Å². The topological polar surface area (TPSA) is 35.6 Å². The molecule has 0 bridgehead atoms. The number of aromatic nitrogens is 1. The molecule has 0 saturated carbocycles. The van der Waals surface area contributed by atoms with Crippen LogP contribution >= 0.6 is 0 Å². The highest BCUT2D eigenvalue weighted by Crippen LogP contribution is 2.37. The molecule has 4 nitrogen and oxygen atoms in total. The van der Waals surface area contributed by atoms with E-state index in [-0.39, 0.29) is 12.2 Å².